The summed E-state index contributed by atoms with van der Waals surface area (Å²) < 4.78 is 1.66. The zero-order valence-electron chi connectivity index (χ0n) is 17.5. The van der Waals surface area contributed by atoms with Crippen molar-refractivity contribution < 1.29 is 4.79 Å². The molecule has 5 rings (SSSR count). The fourth-order valence-corrected chi connectivity index (χ4v) is 3.47. The van der Waals surface area contributed by atoms with E-state index < -0.39 is 0 Å². The molecule has 156 valence electrons. The Morgan fingerprint density at radius 2 is 1.59 bits per heavy atom. The van der Waals surface area contributed by atoms with Gasteiger partial charge in [0.15, 0.2) is 0 Å². The fraction of sp³-hybridized carbons (Fsp3) is 0.0833. The highest BCUT2D eigenvalue weighted by Crippen LogP contribution is 2.28. The average Bonchev–Trinajstić information content (AvgIpc) is 3.23. The van der Waals surface area contributed by atoms with E-state index in [1.54, 1.807) is 16.9 Å². The van der Waals surface area contributed by atoms with Gasteiger partial charge in [0.1, 0.15) is 11.4 Å². The Balaban J connectivity index is 1.65. The lowest BCUT2D eigenvalue weighted by Gasteiger charge is -2.07. The van der Waals surface area contributed by atoms with E-state index in [9.17, 15) is 4.79 Å². The number of hydrogen-bond acceptors (Lipinski definition) is 6. The Morgan fingerprint density at radius 1 is 0.875 bits per heavy atom. The molecule has 0 aliphatic rings. The van der Waals surface area contributed by atoms with Crippen molar-refractivity contribution in [3.63, 3.8) is 0 Å². The van der Waals surface area contributed by atoms with Crippen LogP contribution in [0.25, 0.3) is 39.8 Å². The number of carbonyl (C=O) groups is 1. The Labute approximate surface area is 184 Å². The van der Waals surface area contributed by atoms with Crippen LogP contribution in [-0.2, 0) is 4.79 Å². The van der Waals surface area contributed by atoms with Gasteiger partial charge in [-0.3, -0.25) is 14.8 Å². The largest absolute Gasteiger partial charge is 0.326 e. The lowest BCUT2D eigenvalue weighted by Crippen LogP contribution is -2.06. The molecule has 32 heavy (non-hydrogen) atoms. The number of carbonyl (C=O) groups excluding carboxylic acids is 1. The van der Waals surface area contributed by atoms with Gasteiger partial charge in [0.25, 0.3) is 5.78 Å². The number of benzene rings is 1. The van der Waals surface area contributed by atoms with Crippen LogP contribution in [0.15, 0.2) is 73.2 Å². The third-order valence-electron chi connectivity index (χ3n) is 4.96. The van der Waals surface area contributed by atoms with Crippen LogP contribution in [0, 0.1) is 6.92 Å². The number of pyridine rings is 2. The molecule has 0 unspecified atom stereocenters. The Bertz CT molecular complexity index is 1350. The summed E-state index contributed by atoms with van der Waals surface area (Å²) in [6.45, 7) is 3.44. The maximum absolute atomic E-state index is 11.4. The molecule has 8 nitrogen and oxygen atoms in total. The number of nitrogens with zero attached hydrogens (tertiary/aromatic N) is 6. The van der Waals surface area contributed by atoms with Crippen LogP contribution in [0.4, 0.5) is 5.69 Å². The van der Waals surface area contributed by atoms with Crippen molar-refractivity contribution in [2.45, 2.75) is 13.8 Å². The molecule has 1 N–H and O–H groups in total. The van der Waals surface area contributed by atoms with Gasteiger partial charge >= 0.3 is 0 Å². The maximum Gasteiger partial charge on any atom is 0.251 e. The highest BCUT2D eigenvalue weighted by Gasteiger charge is 2.17. The first-order chi connectivity index (χ1) is 15.6. The van der Waals surface area contributed by atoms with Crippen molar-refractivity contribution in [2.75, 3.05) is 5.32 Å². The number of imidazole rings is 1. The van der Waals surface area contributed by atoms with Gasteiger partial charge in [0, 0.05) is 30.6 Å². The summed E-state index contributed by atoms with van der Waals surface area (Å²) in [6.07, 6.45) is 5.28. The smallest absolute Gasteiger partial charge is 0.251 e. The maximum atomic E-state index is 11.4. The van der Waals surface area contributed by atoms with Gasteiger partial charge in [-0.2, -0.15) is 5.10 Å². The lowest BCUT2D eigenvalue weighted by atomic mass is 10.1. The number of aryl methyl sites for hydroxylation is 1. The second-order valence-corrected chi connectivity index (χ2v) is 7.32. The highest BCUT2D eigenvalue weighted by molar-refractivity contribution is 5.90. The molecule has 4 heterocycles. The molecule has 0 saturated carbocycles. The van der Waals surface area contributed by atoms with Crippen molar-refractivity contribution in [2.24, 2.45) is 0 Å². The Kier molecular flexibility index (Phi) is 4.87. The zero-order chi connectivity index (χ0) is 22.1. The van der Waals surface area contributed by atoms with Crippen LogP contribution in [0.2, 0.25) is 0 Å². The van der Waals surface area contributed by atoms with Crippen LogP contribution in [0.1, 0.15) is 12.5 Å². The van der Waals surface area contributed by atoms with E-state index in [0.717, 1.165) is 22.5 Å². The van der Waals surface area contributed by atoms with Crippen LogP contribution in [0.3, 0.4) is 0 Å². The third kappa shape index (κ3) is 3.69. The molecule has 1 amide bonds. The van der Waals surface area contributed by atoms with E-state index in [1.807, 2.05) is 67.7 Å². The van der Waals surface area contributed by atoms with Crippen LogP contribution >= 0.6 is 0 Å². The normalized spacial score (nSPS) is 10.9. The molecule has 0 radical (unpaired) electrons. The number of aromatic nitrogens is 6. The predicted octanol–water partition coefficient (Wildman–Crippen LogP) is 4.18. The molecule has 0 spiro atoms. The first-order valence-electron chi connectivity index (χ1n) is 10.1. The van der Waals surface area contributed by atoms with Gasteiger partial charge in [-0.1, -0.05) is 18.2 Å². The van der Waals surface area contributed by atoms with Crippen molar-refractivity contribution in [1.29, 1.82) is 0 Å². The zero-order valence-corrected chi connectivity index (χ0v) is 17.5. The topological polar surface area (TPSA) is 98.0 Å². The second-order valence-electron chi connectivity index (χ2n) is 7.32. The number of anilines is 1. The first-order valence-corrected chi connectivity index (χ1v) is 10.1. The van der Waals surface area contributed by atoms with Crippen molar-refractivity contribution in [1.82, 2.24) is 29.5 Å². The van der Waals surface area contributed by atoms with Crippen LogP contribution in [-0.4, -0.2) is 35.5 Å². The Hall–Kier alpha value is -4.46. The molecular formula is C24H19N7O. The van der Waals surface area contributed by atoms with Gasteiger partial charge < -0.3 is 5.32 Å². The molecule has 0 fully saturated rings. The second kappa shape index (κ2) is 7.99. The first kappa shape index (κ1) is 19.5. The van der Waals surface area contributed by atoms with Crippen molar-refractivity contribution >= 4 is 17.4 Å². The predicted molar refractivity (Wildman–Crippen MR) is 122 cm³/mol. The Morgan fingerprint density at radius 3 is 2.22 bits per heavy atom. The van der Waals surface area contributed by atoms with Crippen molar-refractivity contribution in [3.05, 3.63) is 78.8 Å². The minimum Gasteiger partial charge on any atom is -0.326 e. The summed E-state index contributed by atoms with van der Waals surface area (Å²) in [5.74, 6) is 0.356. The summed E-state index contributed by atoms with van der Waals surface area (Å²) in [5, 5.41) is 7.61. The number of rotatable bonds is 4. The molecule has 0 aliphatic carbocycles. The fourth-order valence-electron chi connectivity index (χ4n) is 3.47. The highest BCUT2D eigenvalue weighted by atomic mass is 16.1. The van der Waals surface area contributed by atoms with Crippen molar-refractivity contribution in [3.8, 4) is 34.0 Å². The van der Waals surface area contributed by atoms with Gasteiger partial charge in [-0.05, 0) is 48.9 Å². The van der Waals surface area contributed by atoms with E-state index in [2.05, 4.69) is 20.3 Å². The molecule has 0 atom stereocenters. The number of hydrogen-bond donors (Lipinski definition) is 1. The molecular weight excluding hydrogens is 402 g/mol. The van der Waals surface area contributed by atoms with Crippen LogP contribution < -0.4 is 5.32 Å². The monoisotopic (exact) mass is 421 g/mol. The summed E-state index contributed by atoms with van der Waals surface area (Å²) in [5.41, 5.74) is 5.99. The lowest BCUT2D eigenvalue weighted by molar-refractivity contribution is -0.114. The molecule has 0 bridgehead atoms. The van der Waals surface area contributed by atoms with Crippen LogP contribution in [0.5, 0.6) is 0 Å². The summed E-state index contributed by atoms with van der Waals surface area (Å²) in [4.78, 5) is 29.8. The minimum absolute atomic E-state index is 0.105. The molecule has 5 aromatic rings. The van der Waals surface area contributed by atoms with E-state index in [1.165, 1.54) is 6.92 Å². The summed E-state index contributed by atoms with van der Waals surface area (Å²) in [6, 6.07) is 17.1. The van der Waals surface area contributed by atoms with Gasteiger partial charge in [-0.15, -0.1) is 0 Å². The standard InChI is InChI=1S/C24H19N7O/c1-15-13-17(9-10-18(15)27-16(2)32)21-14-31-24(28-21)29-22(19-7-3-5-11-25-19)23(30-31)20-8-4-6-12-26-20/h3-14H,1-2H3,(H,27,32). The molecule has 4 aromatic heterocycles. The van der Waals surface area contributed by atoms with E-state index in [0.29, 0.717) is 28.6 Å². The van der Waals surface area contributed by atoms with E-state index in [4.69, 9.17) is 10.1 Å². The minimum atomic E-state index is -0.105. The third-order valence-corrected chi connectivity index (χ3v) is 4.96. The molecule has 8 heteroatoms. The summed E-state index contributed by atoms with van der Waals surface area (Å²) >= 11 is 0. The number of nitrogens with one attached hydrogen (secondary N) is 1. The average molecular weight is 421 g/mol. The van der Waals surface area contributed by atoms with Gasteiger partial charge in [0.05, 0.1) is 23.3 Å². The van der Waals surface area contributed by atoms with Gasteiger partial charge in [-0.25, -0.2) is 14.5 Å². The molecule has 0 aliphatic heterocycles. The van der Waals surface area contributed by atoms with E-state index in [-0.39, 0.29) is 5.91 Å². The molecule has 1 aromatic carbocycles. The number of amides is 1. The quantitative estimate of drug-likeness (QED) is 0.467. The van der Waals surface area contributed by atoms with E-state index >= 15 is 0 Å². The number of fused-ring (bicyclic) bond motifs is 1. The SMILES string of the molecule is CC(=O)Nc1ccc(-c2cn3nc(-c4ccccn4)c(-c4ccccn4)nc3n2)cc1C. The summed E-state index contributed by atoms with van der Waals surface area (Å²) in [7, 11) is 0. The van der Waals surface area contributed by atoms with Gasteiger partial charge in [0.2, 0.25) is 5.91 Å². The molecule has 0 saturated heterocycles.